The second kappa shape index (κ2) is 6.65. The van der Waals surface area contributed by atoms with Crippen LogP contribution < -0.4 is 5.32 Å². The van der Waals surface area contributed by atoms with Crippen molar-refractivity contribution in [2.24, 2.45) is 0 Å². The van der Waals surface area contributed by atoms with Crippen LogP contribution >= 0.6 is 0 Å². The summed E-state index contributed by atoms with van der Waals surface area (Å²) in [6, 6.07) is 0.293. The maximum atomic E-state index is 5.69. The van der Waals surface area contributed by atoms with Crippen molar-refractivity contribution < 1.29 is 14.0 Å². The number of rotatable bonds is 6. The number of likely N-dealkylation sites (N-methyl/N-ethyl adjacent to an activating group) is 1. The van der Waals surface area contributed by atoms with E-state index >= 15 is 0 Å². The van der Waals surface area contributed by atoms with Crippen molar-refractivity contribution in [3.05, 3.63) is 11.7 Å². The molecule has 2 rings (SSSR count). The Morgan fingerprint density at radius 3 is 2.65 bits per heavy atom. The fourth-order valence-corrected chi connectivity index (χ4v) is 2.54. The van der Waals surface area contributed by atoms with Gasteiger partial charge in [0.25, 0.3) is 0 Å². The van der Waals surface area contributed by atoms with Gasteiger partial charge in [-0.15, -0.1) is 0 Å². The van der Waals surface area contributed by atoms with Crippen molar-refractivity contribution in [3.63, 3.8) is 0 Å². The van der Waals surface area contributed by atoms with Crippen LogP contribution in [0.15, 0.2) is 4.52 Å². The van der Waals surface area contributed by atoms with Crippen LogP contribution in [0, 0.1) is 0 Å². The molecule has 1 N–H and O–H groups in total. The van der Waals surface area contributed by atoms with Crippen LogP contribution in [0.5, 0.6) is 0 Å². The van der Waals surface area contributed by atoms with Crippen LogP contribution in [0.2, 0.25) is 0 Å². The van der Waals surface area contributed by atoms with E-state index in [0.29, 0.717) is 31.0 Å². The first-order valence-corrected chi connectivity index (χ1v) is 7.33. The van der Waals surface area contributed by atoms with Gasteiger partial charge in [0, 0.05) is 39.2 Å². The van der Waals surface area contributed by atoms with E-state index in [1.54, 1.807) is 7.11 Å². The molecule has 114 valence electrons. The molecule has 0 saturated carbocycles. The lowest BCUT2D eigenvalue weighted by molar-refractivity contribution is -0.101. The van der Waals surface area contributed by atoms with Gasteiger partial charge >= 0.3 is 0 Å². The number of nitrogens with one attached hydrogen (secondary N) is 1. The zero-order chi connectivity index (χ0) is 14.6. The molecule has 0 aromatic carbocycles. The summed E-state index contributed by atoms with van der Waals surface area (Å²) >= 11 is 0. The van der Waals surface area contributed by atoms with E-state index in [4.69, 9.17) is 14.0 Å². The molecule has 2 atom stereocenters. The minimum atomic E-state index is -0.457. The predicted octanol–water partition coefficient (Wildman–Crippen LogP) is 1.82. The molecule has 1 aromatic rings. The second-order valence-corrected chi connectivity index (χ2v) is 5.40. The highest BCUT2D eigenvalue weighted by atomic mass is 16.5. The highest BCUT2D eigenvalue weighted by Gasteiger charge is 2.39. The number of hydrogen-bond donors (Lipinski definition) is 1. The monoisotopic (exact) mass is 283 g/mol. The van der Waals surface area contributed by atoms with E-state index in [2.05, 4.69) is 36.2 Å². The largest absolute Gasteiger partial charge is 0.381 e. The molecule has 0 aliphatic carbocycles. The summed E-state index contributed by atoms with van der Waals surface area (Å²) in [6.45, 7) is 8.56. The molecule has 0 bridgehead atoms. The van der Waals surface area contributed by atoms with Crippen LogP contribution in [0.1, 0.15) is 51.2 Å². The number of methoxy groups -OCH3 is 1. The molecule has 2 unspecified atom stereocenters. The van der Waals surface area contributed by atoms with E-state index in [1.807, 2.05) is 0 Å². The van der Waals surface area contributed by atoms with Crippen molar-refractivity contribution in [1.29, 1.82) is 0 Å². The van der Waals surface area contributed by atoms with Gasteiger partial charge in [0.2, 0.25) is 11.7 Å². The van der Waals surface area contributed by atoms with Gasteiger partial charge in [-0.1, -0.05) is 19.0 Å². The molecule has 1 fully saturated rings. The standard InChI is InChI=1S/C14H25N3O3/c1-5-15-11(3)10(2)12-16-13(17-20-12)14(18-4)6-8-19-9-7-14/h10-11,15H,5-9H2,1-4H3. The summed E-state index contributed by atoms with van der Waals surface area (Å²) in [5, 5.41) is 7.53. The highest BCUT2D eigenvalue weighted by molar-refractivity contribution is 5.05. The molecule has 1 aromatic heterocycles. The molecule has 0 spiro atoms. The third-order valence-corrected chi connectivity index (χ3v) is 4.21. The Labute approximate surface area is 120 Å². The fraction of sp³-hybridized carbons (Fsp3) is 0.857. The van der Waals surface area contributed by atoms with Crippen LogP contribution in [0.4, 0.5) is 0 Å². The Morgan fingerprint density at radius 1 is 1.35 bits per heavy atom. The third-order valence-electron chi connectivity index (χ3n) is 4.21. The first-order chi connectivity index (χ1) is 9.63. The number of ether oxygens (including phenoxy) is 2. The number of hydrogen-bond acceptors (Lipinski definition) is 6. The molecule has 0 amide bonds. The smallest absolute Gasteiger partial charge is 0.231 e. The quantitative estimate of drug-likeness (QED) is 0.859. The molecule has 6 heteroatoms. The lowest BCUT2D eigenvalue weighted by atomic mass is 9.93. The van der Waals surface area contributed by atoms with Crippen molar-refractivity contribution in [3.8, 4) is 0 Å². The van der Waals surface area contributed by atoms with Gasteiger partial charge in [0.05, 0.1) is 5.92 Å². The molecule has 1 aliphatic rings. The van der Waals surface area contributed by atoms with Crippen molar-refractivity contribution in [2.75, 3.05) is 26.9 Å². The van der Waals surface area contributed by atoms with Crippen molar-refractivity contribution in [1.82, 2.24) is 15.5 Å². The molecule has 20 heavy (non-hydrogen) atoms. The predicted molar refractivity (Wildman–Crippen MR) is 74.6 cm³/mol. The summed E-state index contributed by atoms with van der Waals surface area (Å²) < 4.78 is 16.5. The minimum absolute atomic E-state index is 0.171. The first kappa shape index (κ1) is 15.4. The van der Waals surface area contributed by atoms with Gasteiger partial charge in [-0.25, -0.2) is 0 Å². The lowest BCUT2D eigenvalue weighted by Gasteiger charge is -2.32. The Bertz CT molecular complexity index is 416. The van der Waals surface area contributed by atoms with Crippen LogP contribution in [-0.4, -0.2) is 43.1 Å². The topological polar surface area (TPSA) is 69.4 Å². The van der Waals surface area contributed by atoms with E-state index in [-0.39, 0.29) is 5.92 Å². The summed E-state index contributed by atoms with van der Waals surface area (Å²) in [4.78, 5) is 4.58. The Kier molecular flexibility index (Phi) is 5.12. The van der Waals surface area contributed by atoms with Gasteiger partial charge in [0.15, 0.2) is 0 Å². The van der Waals surface area contributed by atoms with Gasteiger partial charge < -0.3 is 19.3 Å². The fourth-order valence-electron chi connectivity index (χ4n) is 2.54. The Morgan fingerprint density at radius 2 is 2.05 bits per heavy atom. The van der Waals surface area contributed by atoms with E-state index < -0.39 is 5.60 Å². The van der Waals surface area contributed by atoms with Crippen LogP contribution in [0.25, 0.3) is 0 Å². The van der Waals surface area contributed by atoms with E-state index in [1.165, 1.54) is 0 Å². The maximum Gasteiger partial charge on any atom is 0.231 e. The highest BCUT2D eigenvalue weighted by Crippen LogP contribution is 2.34. The molecule has 1 aliphatic heterocycles. The van der Waals surface area contributed by atoms with E-state index in [9.17, 15) is 0 Å². The third kappa shape index (κ3) is 3.02. The molecule has 6 nitrogen and oxygen atoms in total. The van der Waals surface area contributed by atoms with Gasteiger partial charge in [0.1, 0.15) is 5.60 Å². The molecule has 0 radical (unpaired) electrons. The molecular weight excluding hydrogens is 258 g/mol. The zero-order valence-corrected chi connectivity index (χ0v) is 12.8. The average molecular weight is 283 g/mol. The summed E-state index contributed by atoms with van der Waals surface area (Å²) in [5.41, 5.74) is -0.457. The Hall–Kier alpha value is -0.980. The average Bonchev–Trinajstić information content (AvgIpc) is 2.97. The maximum absolute atomic E-state index is 5.69. The van der Waals surface area contributed by atoms with Crippen molar-refractivity contribution >= 4 is 0 Å². The number of aromatic nitrogens is 2. The zero-order valence-electron chi connectivity index (χ0n) is 12.8. The molecule has 1 saturated heterocycles. The molecule has 2 heterocycles. The van der Waals surface area contributed by atoms with Gasteiger partial charge in [-0.2, -0.15) is 4.98 Å². The lowest BCUT2D eigenvalue weighted by Crippen LogP contribution is -2.36. The SMILES string of the molecule is CCNC(C)C(C)c1nc(C2(OC)CCOCC2)no1. The van der Waals surface area contributed by atoms with E-state index in [0.717, 1.165) is 19.4 Å². The van der Waals surface area contributed by atoms with Gasteiger partial charge in [-0.05, 0) is 13.5 Å². The first-order valence-electron chi connectivity index (χ1n) is 7.33. The van der Waals surface area contributed by atoms with Crippen LogP contribution in [-0.2, 0) is 15.1 Å². The summed E-state index contributed by atoms with van der Waals surface area (Å²) in [7, 11) is 1.70. The Balaban J connectivity index is 2.15. The van der Waals surface area contributed by atoms with Crippen LogP contribution in [0.3, 0.4) is 0 Å². The summed E-state index contributed by atoms with van der Waals surface area (Å²) in [5.74, 6) is 1.48. The number of nitrogens with zero attached hydrogens (tertiary/aromatic N) is 2. The van der Waals surface area contributed by atoms with Crippen molar-refractivity contribution in [2.45, 2.75) is 51.2 Å². The summed E-state index contributed by atoms with van der Waals surface area (Å²) in [6.07, 6.45) is 1.53. The molecular formula is C14H25N3O3. The second-order valence-electron chi connectivity index (χ2n) is 5.40. The normalized spacial score (nSPS) is 21.6. The minimum Gasteiger partial charge on any atom is -0.381 e. The van der Waals surface area contributed by atoms with Gasteiger partial charge in [-0.3, -0.25) is 0 Å².